The zero-order chi connectivity index (χ0) is 27.2. The second-order valence-electron chi connectivity index (χ2n) is 10.1. The van der Waals surface area contributed by atoms with Crippen molar-refractivity contribution in [3.8, 4) is 0 Å². The van der Waals surface area contributed by atoms with E-state index in [1.807, 2.05) is 6.92 Å². The summed E-state index contributed by atoms with van der Waals surface area (Å²) in [6.45, 7) is 7.27. The van der Waals surface area contributed by atoms with E-state index in [1.165, 1.54) is 31.1 Å². The first-order valence-corrected chi connectivity index (χ1v) is 12.6. The number of halogens is 2. The second kappa shape index (κ2) is 10.3. The van der Waals surface area contributed by atoms with Crippen molar-refractivity contribution in [2.24, 2.45) is 7.05 Å². The van der Waals surface area contributed by atoms with Gasteiger partial charge in [-0.15, -0.1) is 0 Å². The van der Waals surface area contributed by atoms with Gasteiger partial charge in [-0.25, -0.2) is 4.39 Å². The molecule has 9 heteroatoms. The van der Waals surface area contributed by atoms with Crippen LogP contribution in [0.2, 0.25) is 5.02 Å². The van der Waals surface area contributed by atoms with Crippen molar-refractivity contribution in [1.29, 1.82) is 0 Å². The molecule has 0 spiro atoms. The van der Waals surface area contributed by atoms with Gasteiger partial charge in [-0.3, -0.25) is 19.3 Å². The zero-order valence-corrected chi connectivity index (χ0v) is 22.7. The monoisotopic (exact) mass is 526 g/mol. The third-order valence-electron chi connectivity index (χ3n) is 7.30. The molecule has 2 aromatic carbocycles. The molecule has 1 aliphatic rings. The van der Waals surface area contributed by atoms with Gasteiger partial charge in [0.05, 0.1) is 21.7 Å². The van der Waals surface area contributed by atoms with Crippen LogP contribution in [0.1, 0.15) is 53.1 Å². The number of aromatic nitrogens is 1. The van der Waals surface area contributed by atoms with Gasteiger partial charge in [0.1, 0.15) is 5.82 Å². The van der Waals surface area contributed by atoms with Crippen molar-refractivity contribution in [3.63, 3.8) is 0 Å². The van der Waals surface area contributed by atoms with E-state index in [-0.39, 0.29) is 35.4 Å². The van der Waals surface area contributed by atoms with Crippen LogP contribution in [0, 0.1) is 5.82 Å². The van der Waals surface area contributed by atoms with Crippen molar-refractivity contribution < 1.29 is 18.8 Å². The molecule has 1 unspecified atom stereocenters. The maximum Gasteiger partial charge on any atom is 0.294 e. The number of carbonyl (C=O) groups excluding carboxylic acids is 3. The molecule has 37 heavy (non-hydrogen) atoms. The summed E-state index contributed by atoms with van der Waals surface area (Å²) in [6, 6.07) is 9.82. The molecule has 196 valence electrons. The lowest BCUT2D eigenvalue weighted by atomic mass is 9.99. The van der Waals surface area contributed by atoms with E-state index in [0.717, 1.165) is 5.56 Å². The molecule has 2 amide bonds. The van der Waals surface area contributed by atoms with Crippen LogP contribution in [0.15, 0.2) is 42.6 Å². The maximum atomic E-state index is 13.7. The number of likely N-dealkylation sites (N-methyl/N-ethyl adjacent to an activating group) is 1. The number of piperazine rings is 1. The van der Waals surface area contributed by atoms with Crippen molar-refractivity contribution in [2.75, 3.05) is 27.2 Å². The summed E-state index contributed by atoms with van der Waals surface area (Å²) in [6.07, 6.45) is 1.60. The lowest BCUT2D eigenvalue weighted by Crippen LogP contribution is -2.58. The third kappa shape index (κ3) is 5.00. The van der Waals surface area contributed by atoms with Crippen LogP contribution in [0.4, 0.5) is 4.39 Å². The molecule has 3 aromatic rings. The molecular weight excluding hydrogens is 495 g/mol. The first kappa shape index (κ1) is 26.8. The molecule has 2 heterocycles. The number of hydrogen-bond donors (Lipinski definition) is 0. The molecule has 7 nitrogen and oxygen atoms in total. The van der Waals surface area contributed by atoms with Crippen molar-refractivity contribution in [1.82, 2.24) is 19.3 Å². The molecule has 1 aromatic heterocycles. The molecule has 1 fully saturated rings. The van der Waals surface area contributed by atoms with Crippen molar-refractivity contribution in [2.45, 2.75) is 38.9 Å². The predicted octanol–water partition coefficient (Wildman–Crippen LogP) is 4.54. The Balaban J connectivity index is 1.62. The summed E-state index contributed by atoms with van der Waals surface area (Å²) in [5.41, 5.74) is 2.21. The quantitative estimate of drug-likeness (QED) is 0.362. The number of nitrogens with zero attached hydrogens (tertiary/aromatic N) is 4. The van der Waals surface area contributed by atoms with E-state index in [1.54, 1.807) is 47.0 Å². The molecular formula is C28H32ClFN4O3. The van der Waals surface area contributed by atoms with Crippen LogP contribution < -0.4 is 0 Å². The number of amides is 2. The number of hydrogen-bond acceptors (Lipinski definition) is 4. The summed E-state index contributed by atoms with van der Waals surface area (Å²) in [4.78, 5) is 44.3. The Labute approximate surface area is 221 Å². The number of carbonyl (C=O) groups is 3. The van der Waals surface area contributed by atoms with Gasteiger partial charge in [-0.1, -0.05) is 23.7 Å². The number of rotatable bonds is 5. The first-order chi connectivity index (χ1) is 17.4. The molecule has 0 radical (unpaired) electrons. The van der Waals surface area contributed by atoms with E-state index < -0.39 is 11.7 Å². The Bertz CT molecular complexity index is 1370. The number of aryl methyl sites for hydroxylation is 1. The van der Waals surface area contributed by atoms with Crippen molar-refractivity contribution in [3.05, 3.63) is 70.1 Å². The molecule has 0 N–H and O–H groups in total. The number of ketones is 1. The molecule has 3 atom stereocenters. The van der Waals surface area contributed by atoms with Gasteiger partial charge in [0.2, 0.25) is 0 Å². The topological polar surface area (TPSA) is 65.9 Å². The SMILES string of the molecule is CC(c1ccc(F)cc1)N1C[C@@H](C)N(C(=O)c2cc3c(C(=O)C(=O)N(C)C)cn(C)c3cc2Cl)C[C@@H]1C. The Hall–Kier alpha value is -3.23. The average Bonchev–Trinajstić information content (AvgIpc) is 3.18. The average molecular weight is 527 g/mol. The summed E-state index contributed by atoms with van der Waals surface area (Å²) in [7, 11) is 4.81. The Morgan fingerprint density at radius 2 is 1.68 bits per heavy atom. The van der Waals surface area contributed by atoms with E-state index >= 15 is 0 Å². The highest BCUT2D eigenvalue weighted by molar-refractivity contribution is 6.45. The number of benzene rings is 2. The maximum absolute atomic E-state index is 13.7. The van der Waals surface area contributed by atoms with Crippen molar-refractivity contribution >= 4 is 40.1 Å². The van der Waals surface area contributed by atoms with E-state index in [0.29, 0.717) is 34.6 Å². The van der Waals surface area contributed by atoms with Gasteiger partial charge in [0, 0.05) is 63.9 Å². The minimum Gasteiger partial charge on any atom is -0.350 e. The van der Waals surface area contributed by atoms with Gasteiger partial charge >= 0.3 is 0 Å². The Morgan fingerprint density at radius 3 is 2.30 bits per heavy atom. The van der Waals surface area contributed by atoms with Gasteiger partial charge in [-0.2, -0.15) is 0 Å². The fourth-order valence-electron chi connectivity index (χ4n) is 5.13. The van der Waals surface area contributed by atoms with Gasteiger partial charge in [0.15, 0.2) is 0 Å². The normalized spacial score (nSPS) is 19.2. The predicted molar refractivity (Wildman–Crippen MR) is 142 cm³/mol. The molecule has 0 saturated carbocycles. The standard InChI is InChI=1S/C28H32ClFN4O3/c1-16-14-34(17(2)13-33(16)18(3)19-7-9-20(30)10-8-19)27(36)22-11-21-23(26(35)28(37)31(4)5)15-32(6)25(21)12-24(22)29/h7-12,15-18H,13-14H2,1-6H3/t16-,17+,18?/m0/s1. The zero-order valence-electron chi connectivity index (χ0n) is 22.0. The highest BCUT2D eigenvalue weighted by atomic mass is 35.5. The smallest absolute Gasteiger partial charge is 0.294 e. The summed E-state index contributed by atoms with van der Waals surface area (Å²) in [5, 5.41) is 0.804. The van der Waals surface area contributed by atoms with E-state index in [9.17, 15) is 18.8 Å². The second-order valence-corrected chi connectivity index (χ2v) is 10.5. The fourth-order valence-corrected chi connectivity index (χ4v) is 5.37. The largest absolute Gasteiger partial charge is 0.350 e. The number of Topliss-reactive ketones (excluding diaryl/α,β-unsaturated/α-hetero) is 1. The van der Waals surface area contributed by atoms with Crippen LogP contribution in [0.3, 0.4) is 0 Å². The fraction of sp³-hybridized carbons (Fsp3) is 0.393. The van der Waals surface area contributed by atoms with E-state index in [2.05, 4.69) is 18.7 Å². The molecule has 0 aliphatic carbocycles. The highest BCUT2D eigenvalue weighted by Gasteiger charge is 2.36. The van der Waals surface area contributed by atoms with Crippen LogP contribution in [0.5, 0.6) is 0 Å². The minimum atomic E-state index is -0.637. The van der Waals surface area contributed by atoms with Crippen LogP contribution >= 0.6 is 11.6 Å². The van der Waals surface area contributed by atoms with Gasteiger partial charge in [-0.05, 0) is 50.6 Å². The Kier molecular flexibility index (Phi) is 7.44. The molecule has 4 rings (SSSR count). The van der Waals surface area contributed by atoms with Crippen LogP contribution in [-0.4, -0.2) is 76.1 Å². The van der Waals surface area contributed by atoms with Gasteiger partial charge < -0.3 is 14.4 Å². The minimum absolute atomic E-state index is 0.0503. The lowest BCUT2D eigenvalue weighted by molar-refractivity contribution is -0.124. The molecule has 1 saturated heterocycles. The van der Waals surface area contributed by atoms with Gasteiger partial charge in [0.25, 0.3) is 17.6 Å². The van der Waals surface area contributed by atoms with Crippen LogP contribution in [0.25, 0.3) is 10.9 Å². The summed E-state index contributed by atoms with van der Waals surface area (Å²) in [5.74, 6) is -1.76. The third-order valence-corrected chi connectivity index (χ3v) is 7.61. The number of fused-ring (bicyclic) bond motifs is 1. The molecule has 1 aliphatic heterocycles. The lowest BCUT2D eigenvalue weighted by Gasteiger charge is -2.46. The highest BCUT2D eigenvalue weighted by Crippen LogP contribution is 2.32. The first-order valence-electron chi connectivity index (χ1n) is 12.3. The summed E-state index contributed by atoms with van der Waals surface area (Å²) < 4.78 is 15.1. The van der Waals surface area contributed by atoms with E-state index in [4.69, 9.17) is 11.6 Å². The summed E-state index contributed by atoms with van der Waals surface area (Å²) >= 11 is 6.59. The Morgan fingerprint density at radius 1 is 1.03 bits per heavy atom. The molecule has 0 bridgehead atoms. The van der Waals surface area contributed by atoms with Crippen LogP contribution in [-0.2, 0) is 11.8 Å².